The molecule has 3 saturated heterocycles. The van der Waals surface area contributed by atoms with Gasteiger partial charge in [0.25, 0.3) is 0 Å². The lowest BCUT2D eigenvalue weighted by molar-refractivity contribution is -0.136. The summed E-state index contributed by atoms with van der Waals surface area (Å²) in [5, 5.41) is 3.46. The molecule has 0 radical (unpaired) electrons. The van der Waals surface area contributed by atoms with Crippen molar-refractivity contribution in [3.8, 4) is 0 Å². The number of rotatable bonds is 1. The Balaban J connectivity index is 1.75. The molecule has 78 valence electrons. The summed E-state index contributed by atoms with van der Waals surface area (Å²) in [6, 6.07) is 0.502. The maximum Gasteiger partial charge on any atom is 0.225 e. The molecule has 2 bridgehead atoms. The van der Waals surface area contributed by atoms with Gasteiger partial charge in [0.05, 0.1) is 0 Å². The molecule has 4 rings (SSSR count). The van der Waals surface area contributed by atoms with Crippen molar-refractivity contribution in [3.05, 3.63) is 0 Å². The summed E-state index contributed by atoms with van der Waals surface area (Å²) < 4.78 is 0. The van der Waals surface area contributed by atoms with E-state index in [2.05, 4.69) is 10.2 Å². The Bertz CT molecular complexity index is 246. The predicted octanol–water partition coefficient (Wildman–Crippen LogP) is 0.607. The number of nitrogens with zero attached hydrogens (tertiary/aromatic N) is 1. The van der Waals surface area contributed by atoms with Crippen LogP contribution in [0.5, 0.6) is 0 Å². The first-order valence-electron chi connectivity index (χ1n) is 5.86. The van der Waals surface area contributed by atoms with Gasteiger partial charge in [-0.2, -0.15) is 0 Å². The van der Waals surface area contributed by atoms with Crippen LogP contribution >= 0.6 is 0 Å². The molecule has 4 aliphatic rings. The molecular formula is C11H18N2O. The van der Waals surface area contributed by atoms with Crippen LogP contribution in [-0.2, 0) is 4.79 Å². The number of hydrogen-bond donors (Lipinski definition) is 1. The molecule has 14 heavy (non-hydrogen) atoms. The van der Waals surface area contributed by atoms with Crippen LogP contribution in [0.2, 0.25) is 0 Å². The van der Waals surface area contributed by atoms with Crippen LogP contribution in [0, 0.1) is 11.8 Å². The quantitative estimate of drug-likeness (QED) is 0.663. The van der Waals surface area contributed by atoms with Crippen molar-refractivity contribution in [1.29, 1.82) is 0 Å². The van der Waals surface area contributed by atoms with E-state index >= 15 is 0 Å². The van der Waals surface area contributed by atoms with Gasteiger partial charge < -0.3 is 10.2 Å². The van der Waals surface area contributed by atoms with Gasteiger partial charge in [0.1, 0.15) is 0 Å². The Morgan fingerprint density at radius 2 is 2.00 bits per heavy atom. The second kappa shape index (κ2) is 3.23. The first-order valence-corrected chi connectivity index (χ1v) is 5.86. The molecule has 0 aromatic heterocycles. The topological polar surface area (TPSA) is 32.3 Å². The smallest absolute Gasteiger partial charge is 0.225 e. The molecule has 1 aliphatic carbocycles. The number of piperidine rings is 1. The molecule has 0 aromatic rings. The van der Waals surface area contributed by atoms with Crippen molar-refractivity contribution in [2.75, 3.05) is 19.6 Å². The molecule has 2 unspecified atom stereocenters. The molecule has 3 nitrogen and oxygen atoms in total. The molecule has 1 amide bonds. The van der Waals surface area contributed by atoms with E-state index in [0.29, 0.717) is 17.9 Å². The van der Waals surface area contributed by atoms with Crippen molar-refractivity contribution < 1.29 is 4.79 Å². The average Bonchev–Trinajstić information content (AvgIpc) is 3.04. The summed E-state index contributed by atoms with van der Waals surface area (Å²) in [6.45, 7) is 3.16. The zero-order valence-electron chi connectivity index (χ0n) is 8.54. The third-order valence-electron chi connectivity index (χ3n) is 3.83. The molecule has 3 heterocycles. The van der Waals surface area contributed by atoms with Crippen molar-refractivity contribution >= 4 is 5.91 Å². The predicted molar refractivity (Wildman–Crippen MR) is 53.8 cm³/mol. The molecular weight excluding hydrogens is 176 g/mol. The van der Waals surface area contributed by atoms with Gasteiger partial charge in [0.2, 0.25) is 5.91 Å². The summed E-state index contributed by atoms with van der Waals surface area (Å²) in [5.41, 5.74) is 0. The Hall–Kier alpha value is -0.570. The normalized spacial score (nSPS) is 37.0. The Kier molecular flexibility index (Phi) is 2.01. The third-order valence-corrected chi connectivity index (χ3v) is 3.83. The first-order chi connectivity index (χ1) is 6.84. The molecule has 3 heteroatoms. The summed E-state index contributed by atoms with van der Waals surface area (Å²) in [4.78, 5) is 14.2. The van der Waals surface area contributed by atoms with Gasteiger partial charge in [-0.3, -0.25) is 4.79 Å². The highest BCUT2D eigenvalue weighted by molar-refractivity contribution is 5.81. The van der Waals surface area contributed by atoms with Crippen LogP contribution in [0.4, 0.5) is 0 Å². The molecule has 2 atom stereocenters. The van der Waals surface area contributed by atoms with E-state index in [-0.39, 0.29) is 0 Å². The summed E-state index contributed by atoms with van der Waals surface area (Å²) in [5.74, 6) is 1.56. The number of hydrogen-bond acceptors (Lipinski definition) is 2. The number of amides is 1. The van der Waals surface area contributed by atoms with Crippen LogP contribution in [0.3, 0.4) is 0 Å². The van der Waals surface area contributed by atoms with Crippen LogP contribution in [0.25, 0.3) is 0 Å². The SMILES string of the molecule is O=C(C1CC1)N1CC2CCC1CNC2. The van der Waals surface area contributed by atoms with Crippen molar-refractivity contribution in [3.63, 3.8) is 0 Å². The largest absolute Gasteiger partial charge is 0.338 e. The molecule has 1 N–H and O–H groups in total. The van der Waals surface area contributed by atoms with Crippen LogP contribution < -0.4 is 5.32 Å². The van der Waals surface area contributed by atoms with E-state index in [1.165, 1.54) is 12.8 Å². The van der Waals surface area contributed by atoms with Crippen molar-refractivity contribution in [2.24, 2.45) is 11.8 Å². The van der Waals surface area contributed by atoms with Gasteiger partial charge in [0.15, 0.2) is 0 Å². The summed E-state index contributed by atoms with van der Waals surface area (Å²) in [6.07, 6.45) is 4.81. The van der Waals surface area contributed by atoms with Crippen LogP contribution in [0.15, 0.2) is 0 Å². The van der Waals surface area contributed by atoms with Gasteiger partial charge in [-0.05, 0) is 38.1 Å². The standard InChI is InChI=1S/C11H18N2O/c14-11(9-2-3-9)13-7-8-1-4-10(13)6-12-5-8/h8-10,12H,1-7H2. The Morgan fingerprint density at radius 3 is 2.79 bits per heavy atom. The summed E-state index contributed by atoms with van der Waals surface area (Å²) >= 11 is 0. The Labute approximate surface area is 84.8 Å². The van der Waals surface area contributed by atoms with E-state index in [0.717, 1.165) is 38.4 Å². The molecule has 0 spiro atoms. The second-order valence-electron chi connectivity index (χ2n) is 5.02. The van der Waals surface area contributed by atoms with E-state index in [1.54, 1.807) is 0 Å². The zero-order chi connectivity index (χ0) is 9.54. The zero-order valence-corrected chi connectivity index (χ0v) is 8.54. The number of carbonyl (C=O) groups excluding carboxylic acids is 1. The number of fused-ring (bicyclic) bond motifs is 4. The fourth-order valence-electron chi connectivity index (χ4n) is 2.77. The van der Waals surface area contributed by atoms with Gasteiger partial charge >= 0.3 is 0 Å². The number of carbonyl (C=O) groups is 1. The van der Waals surface area contributed by atoms with E-state index in [4.69, 9.17) is 0 Å². The molecule has 3 aliphatic heterocycles. The third kappa shape index (κ3) is 1.44. The highest BCUT2D eigenvalue weighted by Gasteiger charge is 2.40. The molecule has 4 fully saturated rings. The average molecular weight is 194 g/mol. The lowest BCUT2D eigenvalue weighted by atomic mass is 9.94. The fraction of sp³-hybridized carbons (Fsp3) is 0.909. The molecule has 1 saturated carbocycles. The highest BCUT2D eigenvalue weighted by Crippen LogP contribution is 2.34. The first kappa shape index (κ1) is 8.72. The minimum Gasteiger partial charge on any atom is -0.338 e. The van der Waals surface area contributed by atoms with Crippen molar-refractivity contribution in [1.82, 2.24) is 10.2 Å². The Morgan fingerprint density at radius 1 is 1.14 bits per heavy atom. The lowest BCUT2D eigenvalue weighted by Gasteiger charge is -2.36. The van der Waals surface area contributed by atoms with E-state index in [1.807, 2.05) is 0 Å². The van der Waals surface area contributed by atoms with E-state index in [9.17, 15) is 4.79 Å². The monoisotopic (exact) mass is 194 g/mol. The minimum absolute atomic E-state index is 0.398. The highest BCUT2D eigenvalue weighted by atomic mass is 16.2. The number of nitrogens with one attached hydrogen (secondary N) is 1. The summed E-state index contributed by atoms with van der Waals surface area (Å²) in [7, 11) is 0. The maximum atomic E-state index is 12.0. The lowest BCUT2D eigenvalue weighted by Crippen LogP contribution is -2.47. The second-order valence-corrected chi connectivity index (χ2v) is 5.02. The van der Waals surface area contributed by atoms with Gasteiger partial charge in [-0.15, -0.1) is 0 Å². The van der Waals surface area contributed by atoms with Gasteiger partial charge in [-0.25, -0.2) is 0 Å². The van der Waals surface area contributed by atoms with Gasteiger partial charge in [0, 0.05) is 25.0 Å². The van der Waals surface area contributed by atoms with Crippen LogP contribution in [-0.4, -0.2) is 36.5 Å². The minimum atomic E-state index is 0.398. The molecule has 0 aromatic carbocycles. The van der Waals surface area contributed by atoms with Crippen LogP contribution in [0.1, 0.15) is 25.7 Å². The maximum absolute atomic E-state index is 12.0. The van der Waals surface area contributed by atoms with Gasteiger partial charge in [-0.1, -0.05) is 0 Å². The van der Waals surface area contributed by atoms with Crippen molar-refractivity contribution in [2.45, 2.75) is 31.7 Å². The fourth-order valence-corrected chi connectivity index (χ4v) is 2.77. The van der Waals surface area contributed by atoms with E-state index < -0.39 is 0 Å².